The Morgan fingerprint density at radius 3 is 2.47 bits per heavy atom. The van der Waals surface area contributed by atoms with Gasteiger partial charge in [-0.2, -0.15) is 0 Å². The van der Waals surface area contributed by atoms with Gasteiger partial charge in [0, 0.05) is 3.57 Å². The molecule has 0 saturated carbocycles. The van der Waals surface area contributed by atoms with Gasteiger partial charge in [0.25, 0.3) is 0 Å². The predicted molar refractivity (Wildman–Crippen MR) is 64.6 cm³/mol. The van der Waals surface area contributed by atoms with Crippen molar-refractivity contribution in [2.75, 3.05) is 11.0 Å². The average Bonchev–Trinajstić information content (AvgIpc) is 1.99. The van der Waals surface area contributed by atoms with Crippen LogP contribution in [0.15, 0.2) is 18.2 Å². The number of aromatic carboxylic acids is 1. The molecule has 0 saturated heterocycles. The number of carboxylic acid groups (broad SMARTS) is 1. The maximum atomic E-state index is 10.9. The second-order valence-electron chi connectivity index (χ2n) is 2.91. The highest BCUT2D eigenvalue weighted by atomic mass is 127. The fourth-order valence-corrected chi connectivity index (χ4v) is 2.20. The number of hydrogen-bond acceptors (Lipinski definition) is 3. The van der Waals surface area contributed by atoms with E-state index in [1.807, 2.05) is 22.6 Å². The van der Waals surface area contributed by atoms with Gasteiger partial charge in [0.05, 0.1) is 17.5 Å². The Morgan fingerprint density at radius 1 is 1.40 bits per heavy atom. The topological polar surface area (TPSA) is 83.5 Å². The van der Waals surface area contributed by atoms with Gasteiger partial charge in [-0.05, 0) is 40.8 Å². The van der Waals surface area contributed by atoms with E-state index in [1.54, 1.807) is 6.07 Å². The lowest BCUT2D eigenvalue weighted by molar-refractivity contribution is 0.0697. The van der Waals surface area contributed by atoms with Crippen LogP contribution in [0.1, 0.15) is 10.4 Å². The summed E-state index contributed by atoms with van der Waals surface area (Å²) in [6, 6.07) is 4.27. The molecule has 2 N–H and O–H groups in total. The normalized spacial score (nSPS) is 11.1. The van der Waals surface area contributed by atoms with Crippen LogP contribution in [0.3, 0.4) is 0 Å². The SMILES string of the molecule is CS(=O)(=O)Nc1cc(I)cc(C(=O)O)c1. The number of anilines is 1. The van der Waals surface area contributed by atoms with E-state index >= 15 is 0 Å². The molecule has 1 rings (SSSR count). The molecule has 82 valence electrons. The van der Waals surface area contributed by atoms with Crippen molar-refractivity contribution in [1.82, 2.24) is 0 Å². The van der Waals surface area contributed by atoms with Crippen LogP contribution in [0.2, 0.25) is 0 Å². The van der Waals surface area contributed by atoms with Crippen LogP contribution in [0.4, 0.5) is 5.69 Å². The summed E-state index contributed by atoms with van der Waals surface area (Å²) in [5.41, 5.74) is 0.301. The molecule has 0 heterocycles. The van der Waals surface area contributed by atoms with Crippen LogP contribution in [-0.4, -0.2) is 25.7 Å². The van der Waals surface area contributed by atoms with Crippen molar-refractivity contribution in [2.45, 2.75) is 0 Å². The van der Waals surface area contributed by atoms with Crippen molar-refractivity contribution in [3.63, 3.8) is 0 Å². The Morgan fingerprint density at radius 2 is 2.00 bits per heavy atom. The maximum absolute atomic E-state index is 10.9. The van der Waals surface area contributed by atoms with Gasteiger partial charge < -0.3 is 5.11 Å². The zero-order valence-corrected chi connectivity index (χ0v) is 10.7. The summed E-state index contributed by atoms with van der Waals surface area (Å²) < 4.78 is 24.7. The second-order valence-corrected chi connectivity index (χ2v) is 5.90. The van der Waals surface area contributed by atoms with Crippen molar-refractivity contribution in [3.05, 3.63) is 27.3 Å². The Bertz CT molecular complexity index is 497. The molecule has 0 aliphatic rings. The minimum atomic E-state index is -3.38. The molecule has 0 aromatic heterocycles. The average molecular weight is 341 g/mol. The van der Waals surface area contributed by atoms with Crippen LogP contribution in [0.5, 0.6) is 0 Å². The van der Waals surface area contributed by atoms with Crippen LogP contribution in [0.25, 0.3) is 0 Å². The molecule has 0 atom stereocenters. The lowest BCUT2D eigenvalue weighted by Crippen LogP contribution is -2.10. The number of halogens is 1. The van der Waals surface area contributed by atoms with Gasteiger partial charge >= 0.3 is 5.97 Å². The summed E-state index contributed by atoms with van der Waals surface area (Å²) in [5, 5.41) is 8.75. The summed E-state index contributed by atoms with van der Waals surface area (Å²) in [7, 11) is -3.38. The molecule has 0 unspecified atom stereocenters. The lowest BCUT2D eigenvalue weighted by atomic mass is 10.2. The highest BCUT2D eigenvalue weighted by molar-refractivity contribution is 14.1. The maximum Gasteiger partial charge on any atom is 0.335 e. The van der Waals surface area contributed by atoms with Crippen molar-refractivity contribution in [1.29, 1.82) is 0 Å². The highest BCUT2D eigenvalue weighted by Gasteiger charge is 2.08. The number of rotatable bonds is 3. The van der Waals surface area contributed by atoms with E-state index < -0.39 is 16.0 Å². The molecule has 0 spiro atoms. The van der Waals surface area contributed by atoms with Crippen LogP contribution in [-0.2, 0) is 10.0 Å². The van der Waals surface area contributed by atoms with Gasteiger partial charge in [0.15, 0.2) is 0 Å². The lowest BCUT2D eigenvalue weighted by Gasteiger charge is -2.05. The fourth-order valence-electron chi connectivity index (χ4n) is 0.986. The molecular weight excluding hydrogens is 333 g/mol. The van der Waals surface area contributed by atoms with E-state index in [2.05, 4.69) is 4.72 Å². The van der Waals surface area contributed by atoms with Gasteiger partial charge in [0.1, 0.15) is 0 Å². The van der Waals surface area contributed by atoms with E-state index in [0.29, 0.717) is 3.57 Å². The van der Waals surface area contributed by atoms with E-state index in [4.69, 9.17) is 5.11 Å². The van der Waals surface area contributed by atoms with Crippen molar-refractivity contribution in [2.24, 2.45) is 0 Å². The third-order valence-corrected chi connectivity index (χ3v) is 2.68. The second kappa shape index (κ2) is 4.35. The van der Waals surface area contributed by atoms with Gasteiger partial charge in [-0.15, -0.1) is 0 Å². The van der Waals surface area contributed by atoms with Gasteiger partial charge in [-0.1, -0.05) is 0 Å². The Balaban J connectivity index is 3.15. The molecule has 15 heavy (non-hydrogen) atoms. The summed E-state index contributed by atoms with van der Waals surface area (Å²) in [6.45, 7) is 0. The minimum Gasteiger partial charge on any atom is -0.478 e. The molecular formula is C8H8INO4S. The number of carboxylic acids is 1. The first-order valence-corrected chi connectivity index (χ1v) is 6.76. The van der Waals surface area contributed by atoms with Crippen LogP contribution >= 0.6 is 22.6 Å². The first kappa shape index (κ1) is 12.2. The zero-order valence-electron chi connectivity index (χ0n) is 7.69. The molecule has 7 heteroatoms. The Labute approximate surface area is 101 Å². The third kappa shape index (κ3) is 4.04. The van der Waals surface area contributed by atoms with Crippen LogP contribution in [0, 0.1) is 3.57 Å². The van der Waals surface area contributed by atoms with Crippen molar-refractivity contribution < 1.29 is 18.3 Å². The quantitative estimate of drug-likeness (QED) is 0.814. The third-order valence-electron chi connectivity index (χ3n) is 1.45. The number of benzene rings is 1. The minimum absolute atomic E-state index is 0.0491. The van der Waals surface area contributed by atoms with Crippen molar-refractivity contribution >= 4 is 44.3 Å². The first-order chi connectivity index (χ1) is 6.78. The van der Waals surface area contributed by atoms with Crippen molar-refractivity contribution in [3.8, 4) is 0 Å². The molecule has 0 bridgehead atoms. The monoisotopic (exact) mass is 341 g/mol. The first-order valence-electron chi connectivity index (χ1n) is 3.79. The van der Waals surface area contributed by atoms with Gasteiger partial charge in [-0.3, -0.25) is 4.72 Å². The van der Waals surface area contributed by atoms with Gasteiger partial charge in [0.2, 0.25) is 10.0 Å². The molecule has 0 amide bonds. The Hall–Kier alpha value is -0.830. The van der Waals surface area contributed by atoms with E-state index in [9.17, 15) is 13.2 Å². The standard InChI is InChI=1S/C8H8INO4S/c1-15(13,14)10-7-3-5(8(11)12)2-6(9)4-7/h2-4,10H,1H3,(H,11,12). The van der Waals surface area contributed by atoms with E-state index in [0.717, 1.165) is 6.26 Å². The summed E-state index contributed by atoms with van der Waals surface area (Å²) in [4.78, 5) is 10.7. The van der Waals surface area contributed by atoms with Gasteiger partial charge in [-0.25, -0.2) is 13.2 Å². The molecule has 1 aromatic rings. The largest absolute Gasteiger partial charge is 0.478 e. The predicted octanol–water partition coefficient (Wildman–Crippen LogP) is 1.36. The zero-order chi connectivity index (χ0) is 11.6. The summed E-state index contributed by atoms with van der Waals surface area (Å²) >= 11 is 1.92. The molecule has 0 aliphatic carbocycles. The molecule has 5 nitrogen and oxygen atoms in total. The summed E-state index contributed by atoms with van der Waals surface area (Å²) in [6.07, 6.45) is 1.01. The number of nitrogens with one attached hydrogen (secondary N) is 1. The smallest absolute Gasteiger partial charge is 0.335 e. The number of hydrogen-bond donors (Lipinski definition) is 2. The molecule has 0 aliphatic heterocycles. The molecule has 1 aromatic carbocycles. The van der Waals surface area contributed by atoms with E-state index in [-0.39, 0.29) is 11.3 Å². The van der Waals surface area contributed by atoms with E-state index in [1.165, 1.54) is 12.1 Å². The van der Waals surface area contributed by atoms with Crippen LogP contribution < -0.4 is 4.72 Å². The summed E-state index contributed by atoms with van der Waals surface area (Å²) in [5.74, 6) is -1.09. The Kier molecular flexibility index (Phi) is 3.55. The molecule has 0 fully saturated rings. The highest BCUT2D eigenvalue weighted by Crippen LogP contribution is 2.17. The number of carbonyl (C=O) groups is 1. The number of sulfonamides is 1. The fraction of sp³-hybridized carbons (Fsp3) is 0.125. The molecule has 0 radical (unpaired) electrons.